The van der Waals surface area contributed by atoms with E-state index in [-0.39, 0.29) is 45.4 Å². The third-order valence-corrected chi connectivity index (χ3v) is 7.62. The standard InChI is InChI=1S/C28H24N4O8S2/c1-17-3-11-25(33)23(13-17)31-29-21-9-7-19(27(15-21)41(35,36)37)5-6-20-8-10-22(16-28(20)42(38,39)40)30-32-24-14-18(2)4-12-26(24)34/h3-16,33-34H,1-2H3,(H,35,36,37)(H,38,39,40)/b6-5+,31-29?,32-30?. The molecule has 0 aromatic heterocycles. The third-order valence-electron chi connectivity index (χ3n) is 5.80. The SMILES string of the molecule is Cc1ccc(O)c(N=Nc2ccc(/C=C/c3ccc(N=Nc4cc(C)ccc4O)cc3S(=O)(=O)O)c(S(=O)(=O)O)c2)c1. The van der Waals surface area contributed by atoms with Crippen LogP contribution in [-0.4, -0.2) is 36.2 Å². The highest BCUT2D eigenvalue weighted by Crippen LogP contribution is 2.32. The Hall–Kier alpha value is -4.76. The van der Waals surface area contributed by atoms with Crippen molar-refractivity contribution in [3.63, 3.8) is 0 Å². The Labute approximate surface area is 241 Å². The Morgan fingerprint density at radius 3 is 1.29 bits per heavy atom. The van der Waals surface area contributed by atoms with Gasteiger partial charge in [0, 0.05) is 0 Å². The van der Waals surface area contributed by atoms with E-state index in [1.165, 1.54) is 48.6 Å². The monoisotopic (exact) mass is 608 g/mol. The average Bonchev–Trinajstić information content (AvgIpc) is 2.92. The van der Waals surface area contributed by atoms with Crippen LogP contribution in [0.1, 0.15) is 22.3 Å². The first kappa shape index (κ1) is 30.2. The van der Waals surface area contributed by atoms with Crippen molar-refractivity contribution in [2.45, 2.75) is 23.6 Å². The molecule has 0 radical (unpaired) electrons. The molecular weight excluding hydrogens is 584 g/mol. The lowest BCUT2D eigenvalue weighted by Gasteiger charge is -2.06. The minimum atomic E-state index is -4.76. The van der Waals surface area contributed by atoms with E-state index in [1.807, 2.05) is 0 Å². The second-order valence-corrected chi connectivity index (χ2v) is 11.9. The molecule has 0 aliphatic carbocycles. The molecule has 0 aliphatic heterocycles. The second-order valence-electron chi connectivity index (χ2n) is 9.11. The van der Waals surface area contributed by atoms with Crippen LogP contribution < -0.4 is 0 Å². The van der Waals surface area contributed by atoms with Crippen molar-refractivity contribution in [3.8, 4) is 11.5 Å². The fourth-order valence-electron chi connectivity index (χ4n) is 3.72. The van der Waals surface area contributed by atoms with Crippen LogP contribution in [0.2, 0.25) is 0 Å². The molecule has 0 amide bonds. The van der Waals surface area contributed by atoms with Crippen LogP contribution in [0, 0.1) is 13.8 Å². The molecule has 0 aliphatic rings. The maximum atomic E-state index is 12.1. The van der Waals surface area contributed by atoms with E-state index in [9.17, 15) is 36.2 Å². The largest absolute Gasteiger partial charge is 0.506 e. The molecule has 0 bridgehead atoms. The second kappa shape index (κ2) is 12.0. The van der Waals surface area contributed by atoms with Gasteiger partial charge in [-0.3, -0.25) is 9.11 Å². The van der Waals surface area contributed by atoms with Gasteiger partial charge in [0.1, 0.15) is 32.7 Å². The van der Waals surface area contributed by atoms with Crippen molar-refractivity contribution in [1.29, 1.82) is 0 Å². The van der Waals surface area contributed by atoms with Crippen molar-refractivity contribution in [2.75, 3.05) is 0 Å². The average molecular weight is 609 g/mol. The number of aryl methyl sites for hydroxylation is 2. The van der Waals surface area contributed by atoms with Crippen LogP contribution in [0.4, 0.5) is 22.7 Å². The summed E-state index contributed by atoms with van der Waals surface area (Å²) in [6.45, 7) is 3.58. The number of phenols is 2. The number of phenolic OH excluding ortho intramolecular Hbond substituents is 2. The van der Waals surface area contributed by atoms with Crippen molar-refractivity contribution in [3.05, 3.63) is 95.1 Å². The predicted molar refractivity (Wildman–Crippen MR) is 155 cm³/mol. The number of hydrogen-bond acceptors (Lipinski definition) is 10. The normalized spacial score (nSPS) is 12.6. The lowest BCUT2D eigenvalue weighted by Crippen LogP contribution is -2.01. The Morgan fingerprint density at radius 1 is 0.548 bits per heavy atom. The van der Waals surface area contributed by atoms with Gasteiger partial charge in [-0.25, -0.2) is 0 Å². The molecule has 0 spiro atoms. The maximum absolute atomic E-state index is 12.1. The van der Waals surface area contributed by atoms with Crippen LogP contribution in [0.25, 0.3) is 12.2 Å². The zero-order chi connectivity index (χ0) is 30.7. The van der Waals surface area contributed by atoms with Gasteiger partial charge < -0.3 is 10.2 Å². The summed E-state index contributed by atoms with van der Waals surface area (Å²) in [5.41, 5.74) is 2.00. The molecule has 12 nitrogen and oxygen atoms in total. The summed E-state index contributed by atoms with van der Waals surface area (Å²) in [7, 11) is -9.52. The van der Waals surface area contributed by atoms with Gasteiger partial charge in [-0.15, -0.1) is 10.2 Å². The van der Waals surface area contributed by atoms with E-state index < -0.39 is 30.0 Å². The summed E-state index contributed by atoms with van der Waals surface area (Å²) in [6.07, 6.45) is 2.46. The van der Waals surface area contributed by atoms with Crippen molar-refractivity contribution < 1.29 is 36.2 Å². The molecule has 4 rings (SSSR count). The minimum Gasteiger partial charge on any atom is -0.506 e. The van der Waals surface area contributed by atoms with E-state index in [4.69, 9.17) is 0 Å². The molecule has 4 aromatic rings. The van der Waals surface area contributed by atoms with Gasteiger partial charge in [-0.2, -0.15) is 27.1 Å². The molecule has 0 atom stereocenters. The van der Waals surface area contributed by atoms with Gasteiger partial charge in [0.25, 0.3) is 20.2 Å². The zero-order valence-corrected chi connectivity index (χ0v) is 23.7. The summed E-state index contributed by atoms with van der Waals surface area (Å²) in [5.74, 6) is -0.260. The maximum Gasteiger partial charge on any atom is 0.295 e. The molecule has 216 valence electrons. The Bertz CT molecular complexity index is 1840. The fourth-order valence-corrected chi connectivity index (χ4v) is 5.13. The summed E-state index contributed by atoms with van der Waals surface area (Å²) in [4.78, 5) is -1.08. The fraction of sp³-hybridized carbons (Fsp3) is 0.0714. The predicted octanol–water partition coefficient (Wildman–Crippen LogP) is 7.21. The molecule has 4 aromatic carbocycles. The molecular formula is C28H24N4O8S2. The number of nitrogens with zero attached hydrogens (tertiary/aromatic N) is 4. The summed E-state index contributed by atoms with van der Waals surface area (Å²) < 4.78 is 68.1. The van der Waals surface area contributed by atoms with Crippen LogP contribution in [-0.2, 0) is 20.2 Å². The third kappa shape index (κ3) is 7.50. The van der Waals surface area contributed by atoms with E-state index in [2.05, 4.69) is 20.5 Å². The van der Waals surface area contributed by atoms with Gasteiger partial charge in [-0.1, -0.05) is 36.4 Å². The molecule has 4 N–H and O–H groups in total. The topological polar surface area (TPSA) is 199 Å². The highest BCUT2D eigenvalue weighted by atomic mass is 32.2. The van der Waals surface area contributed by atoms with Gasteiger partial charge in [0.15, 0.2) is 0 Å². The zero-order valence-electron chi connectivity index (χ0n) is 22.1. The number of hydrogen-bond donors (Lipinski definition) is 4. The number of azo groups is 2. The summed E-state index contributed by atoms with van der Waals surface area (Å²) >= 11 is 0. The molecule has 42 heavy (non-hydrogen) atoms. The first-order valence-corrected chi connectivity index (χ1v) is 14.9. The van der Waals surface area contributed by atoms with Crippen molar-refractivity contribution in [2.24, 2.45) is 20.5 Å². The van der Waals surface area contributed by atoms with Crippen LogP contribution in [0.5, 0.6) is 11.5 Å². The molecule has 14 heteroatoms. The number of benzene rings is 4. The molecule has 0 unspecified atom stereocenters. The molecule has 0 fully saturated rings. The molecule has 0 heterocycles. The number of aromatic hydroxyl groups is 2. The molecule has 0 saturated carbocycles. The lowest BCUT2D eigenvalue weighted by molar-refractivity contribution is 0.475. The quantitative estimate of drug-likeness (QED) is 0.0913. The van der Waals surface area contributed by atoms with Crippen LogP contribution in [0.3, 0.4) is 0 Å². The number of rotatable bonds is 8. The Kier molecular flexibility index (Phi) is 8.63. The first-order valence-electron chi connectivity index (χ1n) is 12.0. The van der Waals surface area contributed by atoms with Crippen molar-refractivity contribution >= 4 is 55.1 Å². The van der Waals surface area contributed by atoms with E-state index in [1.54, 1.807) is 38.1 Å². The van der Waals surface area contributed by atoms with Gasteiger partial charge in [0.05, 0.1) is 11.4 Å². The van der Waals surface area contributed by atoms with E-state index in [0.29, 0.717) is 0 Å². The van der Waals surface area contributed by atoms with Crippen LogP contribution >= 0.6 is 0 Å². The van der Waals surface area contributed by atoms with Gasteiger partial charge in [0.2, 0.25) is 0 Å². The smallest absolute Gasteiger partial charge is 0.295 e. The van der Waals surface area contributed by atoms with E-state index in [0.717, 1.165) is 23.3 Å². The lowest BCUT2D eigenvalue weighted by atomic mass is 10.1. The minimum absolute atomic E-state index is 0.0187. The van der Waals surface area contributed by atoms with Gasteiger partial charge in [-0.05, 0) is 84.6 Å². The first-order chi connectivity index (χ1) is 19.7. The van der Waals surface area contributed by atoms with Crippen molar-refractivity contribution in [1.82, 2.24) is 0 Å². The Morgan fingerprint density at radius 2 is 0.929 bits per heavy atom. The highest BCUT2D eigenvalue weighted by molar-refractivity contribution is 7.86. The summed E-state index contributed by atoms with van der Waals surface area (Å²) in [5, 5.41) is 35.6. The molecule has 0 saturated heterocycles. The van der Waals surface area contributed by atoms with Crippen LogP contribution in [0.15, 0.2) is 103 Å². The van der Waals surface area contributed by atoms with E-state index >= 15 is 0 Å². The highest BCUT2D eigenvalue weighted by Gasteiger charge is 2.18. The Balaban J connectivity index is 1.69. The summed E-state index contributed by atoms with van der Waals surface area (Å²) in [6, 6.07) is 16.9. The van der Waals surface area contributed by atoms with Gasteiger partial charge >= 0.3 is 0 Å².